The fraction of sp³-hybridized carbons (Fsp3) is 0.409. The standard InChI is InChI=1S/C22H25N3O2/c1-15(17-5-3-2-4-6-17)9-20(27)11-19-10-18-12-23-25(13-16-7-8-16)22(18)21(14-26)24-19/h2-6,10,12,15-16,26H,7-9,11,13-14H2,1H3/t15-/m0/s1. The minimum Gasteiger partial charge on any atom is -0.390 e. The lowest BCUT2D eigenvalue weighted by Crippen LogP contribution is -2.10. The topological polar surface area (TPSA) is 68.0 Å². The van der Waals surface area contributed by atoms with Crippen molar-refractivity contribution < 1.29 is 9.90 Å². The number of hydrogen-bond acceptors (Lipinski definition) is 4. The maximum Gasteiger partial charge on any atom is 0.139 e. The monoisotopic (exact) mass is 363 g/mol. The highest BCUT2D eigenvalue weighted by Crippen LogP contribution is 2.32. The van der Waals surface area contributed by atoms with Gasteiger partial charge in [0, 0.05) is 30.5 Å². The third kappa shape index (κ3) is 4.08. The van der Waals surface area contributed by atoms with Crippen molar-refractivity contribution in [3.05, 3.63) is 59.5 Å². The Balaban J connectivity index is 1.50. The van der Waals surface area contributed by atoms with E-state index in [1.807, 2.05) is 35.1 Å². The highest BCUT2D eigenvalue weighted by atomic mass is 16.3. The van der Waals surface area contributed by atoms with Gasteiger partial charge < -0.3 is 5.11 Å². The van der Waals surface area contributed by atoms with E-state index in [4.69, 9.17) is 0 Å². The zero-order valence-corrected chi connectivity index (χ0v) is 15.6. The van der Waals surface area contributed by atoms with Gasteiger partial charge >= 0.3 is 0 Å². The van der Waals surface area contributed by atoms with Crippen LogP contribution in [-0.2, 0) is 24.4 Å². The van der Waals surface area contributed by atoms with Gasteiger partial charge in [-0.1, -0.05) is 37.3 Å². The average Bonchev–Trinajstić information content (AvgIpc) is 3.40. The Morgan fingerprint density at radius 1 is 1.30 bits per heavy atom. The van der Waals surface area contributed by atoms with Crippen molar-refractivity contribution in [2.45, 2.75) is 51.7 Å². The summed E-state index contributed by atoms with van der Waals surface area (Å²) in [5, 5.41) is 15.2. The molecule has 1 aliphatic rings. The fourth-order valence-corrected chi connectivity index (χ4v) is 3.66. The Morgan fingerprint density at radius 2 is 2.07 bits per heavy atom. The number of carbonyl (C=O) groups is 1. The number of Topliss-reactive ketones (excluding diaryl/α,β-unsaturated/α-hetero) is 1. The zero-order chi connectivity index (χ0) is 18.8. The average molecular weight is 363 g/mol. The van der Waals surface area contributed by atoms with Gasteiger partial charge in [-0.3, -0.25) is 14.5 Å². The van der Waals surface area contributed by atoms with Crippen molar-refractivity contribution in [3.63, 3.8) is 0 Å². The Kier molecular flexibility index (Phi) is 5.03. The van der Waals surface area contributed by atoms with E-state index in [0.717, 1.165) is 17.4 Å². The summed E-state index contributed by atoms with van der Waals surface area (Å²) in [6.07, 6.45) is 5.08. The van der Waals surface area contributed by atoms with Gasteiger partial charge in [0.25, 0.3) is 0 Å². The Hall–Kier alpha value is -2.53. The molecule has 0 unspecified atom stereocenters. The molecule has 0 amide bonds. The predicted octanol–water partition coefficient (Wildman–Crippen LogP) is 3.64. The minimum absolute atomic E-state index is 0.144. The van der Waals surface area contributed by atoms with Gasteiger partial charge in [0.05, 0.1) is 24.0 Å². The Labute approximate surface area is 159 Å². The van der Waals surface area contributed by atoms with Gasteiger partial charge in [-0.25, -0.2) is 0 Å². The Bertz CT molecular complexity index is 945. The van der Waals surface area contributed by atoms with E-state index in [-0.39, 0.29) is 24.7 Å². The summed E-state index contributed by atoms with van der Waals surface area (Å²) in [6.45, 7) is 2.81. The van der Waals surface area contributed by atoms with Crippen LogP contribution in [0.3, 0.4) is 0 Å². The summed E-state index contributed by atoms with van der Waals surface area (Å²) >= 11 is 0. The zero-order valence-electron chi connectivity index (χ0n) is 15.6. The van der Waals surface area contributed by atoms with Crippen molar-refractivity contribution in [2.75, 3.05) is 0 Å². The van der Waals surface area contributed by atoms with Gasteiger partial charge in [0.2, 0.25) is 0 Å². The molecule has 3 aromatic rings. The second kappa shape index (κ2) is 7.61. The molecule has 140 valence electrons. The van der Waals surface area contributed by atoms with Crippen molar-refractivity contribution >= 4 is 16.7 Å². The number of nitrogens with zero attached hydrogens (tertiary/aromatic N) is 3. The largest absolute Gasteiger partial charge is 0.390 e. The molecular formula is C22H25N3O2. The second-order valence-electron chi connectivity index (χ2n) is 7.66. The quantitative estimate of drug-likeness (QED) is 0.663. The molecule has 2 heterocycles. The number of rotatable bonds is 8. The molecule has 2 aromatic heterocycles. The second-order valence-corrected chi connectivity index (χ2v) is 7.66. The third-order valence-corrected chi connectivity index (χ3v) is 5.30. The summed E-state index contributed by atoms with van der Waals surface area (Å²) in [4.78, 5) is 17.1. The first-order valence-electron chi connectivity index (χ1n) is 9.66. The lowest BCUT2D eigenvalue weighted by atomic mass is 9.94. The van der Waals surface area contributed by atoms with Gasteiger partial charge in [-0.15, -0.1) is 0 Å². The first-order chi connectivity index (χ1) is 13.1. The van der Waals surface area contributed by atoms with Crippen LogP contribution in [0.1, 0.15) is 49.1 Å². The summed E-state index contributed by atoms with van der Waals surface area (Å²) in [5.74, 6) is 1.04. The molecule has 1 N–H and O–H groups in total. The first-order valence-corrected chi connectivity index (χ1v) is 9.66. The van der Waals surface area contributed by atoms with E-state index < -0.39 is 0 Å². The van der Waals surface area contributed by atoms with E-state index in [1.165, 1.54) is 18.4 Å². The van der Waals surface area contributed by atoms with Crippen LogP contribution < -0.4 is 0 Å². The van der Waals surface area contributed by atoms with Crippen LogP contribution in [0, 0.1) is 5.92 Å². The molecule has 0 saturated heterocycles. The lowest BCUT2D eigenvalue weighted by Gasteiger charge is -2.11. The molecule has 27 heavy (non-hydrogen) atoms. The number of fused-ring (bicyclic) bond motifs is 1. The highest BCUT2D eigenvalue weighted by Gasteiger charge is 2.24. The summed E-state index contributed by atoms with van der Waals surface area (Å²) in [6, 6.07) is 12.0. The first kappa shape index (κ1) is 17.9. The van der Waals surface area contributed by atoms with Gasteiger partial charge in [0.15, 0.2) is 0 Å². The number of ketones is 1. The third-order valence-electron chi connectivity index (χ3n) is 5.30. The van der Waals surface area contributed by atoms with Gasteiger partial charge in [0.1, 0.15) is 5.78 Å². The van der Waals surface area contributed by atoms with Crippen LogP contribution in [0.4, 0.5) is 0 Å². The number of aliphatic hydroxyl groups excluding tert-OH is 1. The van der Waals surface area contributed by atoms with Gasteiger partial charge in [-0.2, -0.15) is 5.10 Å². The van der Waals surface area contributed by atoms with Crippen molar-refractivity contribution in [2.24, 2.45) is 5.92 Å². The molecule has 1 saturated carbocycles. The molecule has 4 rings (SSSR count). The normalized spacial score (nSPS) is 15.2. The molecule has 0 radical (unpaired) electrons. The molecule has 1 aliphatic carbocycles. The molecule has 5 heteroatoms. The fourth-order valence-electron chi connectivity index (χ4n) is 3.66. The number of carbonyl (C=O) groups excluding carboxylic acids is 1. The molecule has 1 fully saturated rings. The molecule has 1 atom stereocenters. The highest BCUT2D eigenvalue weighted by molar-refractivity contribution is 5.85. The van der Waals surface area contributed by atoms with Crippen molar-refractivity contribution in [1.29, 1.82) is 0 Å². The smallest absolute Gasteiger partial charge is 0.139 e. The van der Waals surface area contributed by atoms with Crippen molar-refractivity contribution in [1.82, 2.24) is 14.8 Å². The number of hydrogen-bond donors (Lipinski definition) is 1. The Morgan fingerprint density at radius 3 is 2.78 bits per heavy atom. The number of benzene rings is 1. The molecule has 0 bridgehead atoms. The van der Waals surface area contributed by atoms with E-state index in [0.29, 0.717) is 23.7 Å². The lowest BCUT2D eigenvalue weighted by molar-refractivity contribution is -0.118. The van der Waals surface area contributed by atoms with Crippen LogP contribution in [0.2, 0.25) is 0 Å². The van der Waals surface area contributed by atoms with Crippen LogP contribution >= 0.6 is 0 Å². The minimum atomic E-state index is -0.144. The van der Waals surface area contributed by atoms with Crippen LogP contribution in [-0.4, -0.2) is 25.7 Å². The number of aromatic nitrogens is 3. The van der Waals surface area contributed by atoms with Gasteiger partial charge in [-0.05, 0) is 36.3 Å². The van der Waals surface area contributed by atoms with E-state index in [1.54, 1.807) is 0 Å². The molecule has 0 aliphatic heterocycles. The summed E-state index contributed by atoms with van der Waals surface area (Å²) in [7, 11) is 0. The SMILES string of the molecule is C[C@@H](CC(=O)Cc1cc2cnn(CC3CC3)c2c(CO)n1)c1ccccc1. The number of pyridine rings is 1. The summed E-state index contributed by atoms with van der Waals surface area (Å²) < 4.78 is 1.95. The molecule has 5 nitrogen and oxygen atoms in total. The van der Waals surface area contributed by atoms with E-state index >= 15 is 0 Å². The van der Waals surface area contributed by atoms with Crippen LogP contribution in [0.25, 0.3) is 10.9 Å². The molecule has 0 spiro atoms. The molecular weight excluding hydrogens is 338 g/mol. The molecule has 1 aromatic carbocycles. The van der Waals surface area contributed by atoms with E-state index in [2.05, 4.69) is 29.1 Å². The number of aliphatic hydroxyl groups is 1. The van der Waals surface area contributed by atoms with Crippen LogP contribution in [0.15, 0.2) is 42.6 Å². The summed E-state index contributed by atoms with van der Waals surface area (Å²) in [5.41, 5.74) is 3.40. The predicted molar refractivity (Wildman–Crippen MR) is 104 cm³/mol. The van der Waals surface area contributed by atoms with E-state index in [9.17, 15) is 9.90 Å². The van der Waals surface area contributed by atoms with Crippen LogP contribution in [0.5, 0.6) is 0 Å². The maximum absolute atomic E-state index is 12.6. The van der Waals surface area contributed by atoms with Crippen molar-refractivity contribution in [3.8, 4) is 0 Å². The maximum atomic E-state index is 12.6.